The third-order valence-corrected chi connectivity index (χ3v) is 4.34. The Morgan fingerprint density at radius 2 is 1.75 bits per heavy atom. The summed E-state index contributed by atoms with van der Waals surface area (Å²) in [7, 11) is 1.91. The Balaban J connectivity index is 1.67. The number of anilines is 1. The van der Waals surface area contributed by atoms with E-state index in [0.717, 1.165) is 16.8 Å². The van der Waals surface area contributed by atoms with E-state index in [2.05, 4.69) is 10.3 Å². The van der Waals surface area contributed by atoms with E-state index in [9.17, 15) is 9.59 Å². The maximum absolute atomic E-state index is 12.4. The summed E-state index contributed by atoms with van der Waals surface area (Å²) in [5, 5.41) is 2.88. The summed E-state index contributed by atoms with van der Waals surface area (Å²) >= 11 is 0. The van der Waals surface area contributed by atoms with Crippen molar-refractivity contribution in [2.45, 2.75) is 13.1 Å². The number of carbonyl (C=O) groups is 2. The predicted molar refractivity (Wildman–Crippen MR) is 109 cm³/mol. The number of nitrogens with two attached hydrogens (primary N) is 1. The molecule has 142 valence electrons. The summed E-state index contributed by atoms with van der Waals surface area (Å²) in [6.45, 7) is 1.01. The van der Waals surface area contributed by atoms with Gasteiger partial charge in [0.05, 0.1) is 0 Å². The first-order valence-electron chi connectivity index (χ1n) is 8.91. The van der Waals surface area contributed by atoms with Crippen molar-refractivity contribution in [1.29, 1.82) is 0 Å². The van der Waals surface area contributed by atoms with Crippen molar-refractivity contribution in [3.63, 3.8) is 0 Å². The van der Waals surface area contributed by atoms with Gasteiger partial charge in [-0.05, 0) is 35.4 Å². The van der Waals surface area contributed by atoms with Crippen LogP contribution < -0.4 is 16.0 Å². The molecular formula is C22H22N4O2. The minimum Gasteiger partial charge on any atom is -0.370 e. The number of rotatable bonds is 7. The second-order valence-electron chi connectivity index (χ2n) is 6.49. The zero-order valence-electron chi connectivity index (χ0n) is 15.6. The fourth-order valence-corrected chi connectivity index (χ4v) is 2.84. The van der Waals surface area contributed by atoms with E-state index in [-0.39, 0.29) is 5.91 Å². The minimum atomic E-state index is -0.453. The molecule has 0 aliphatic heterocycles. The van der Waals surface area contributed by atoms with Crippen molar-refractivity contribution in [2.24, 2.45) is 5.73 Å². The first kappa shape index (κ1) is 19.1. The van der Waals surface area contributed by atoms with Crippen LogP contribution >= 0.6 is 0 Å². The van der Waals surface area contributed by atoms with E-state index in [1.807, 2.05) is 54.4 Å². The van der Waals surface area contributed by atoms with Gasteiger partial charge in [-0.15, -0.1) is 0 Å². The van der Waals surface area contributed by atoms with Crippen LogP contribution in [0.2, 0.25) is 0 Å². The number of nitrogens with one attached hydrogen (secondary N) is 1. The summed E-state index contributed by atoms with van der Waals surface area (Å²) in [6.07, 6.45) is 1.61. The zero-order chi connectivity index (χ0) is 19.9. The van der Waals surface area contributed by atoms with E-state index in [4.69, 9.17) is 5.73 Å². The minimum absolute atomic E-state index is 0.227. The molecule has 0 spiro atoms. The first-order valence-corrected chi connectivity index (χ1v) is 8.91. The number of pyridine rings is 1. The standard InChI is InChI=1S/C22H22N4O2/c1-26(15-17-8-5-9-18(12-17)21(23)27)19-10-11-24-20(13-19)22(28)25-14-16-6-3-2-4-7-16/h2-13H,14-15H2,1H3,(H2,23,27)(H,25,28). The molecule has 3 N–H and O–H groups in total. The molecule has 0 aliphatic carbocycles. The zero-order valence-corrected chi connectivity index (χ0v) is 15.6. The predicted octanol–water partition coefficient (Wildman–Crippen LogP) is 2.75. The van der Waals surface area contributed by atoms with Gasteiger partial charge < -0.3 is 16.0 Å². The number of carbonyl (C=O) groups excluding carboxylic acids is 2. The van der Waals surface area contributed by atoms with Crippen LogP contribution in [0.25, 0.3) is 0 Å². The number of hydrogen-bond donors (Lipinski definition) is 2. The molecule has 0 unspecified atom stereocenters. The smallest absolute Gasteiger partial charge is 0.270 e. The topological polar surface area (TPSA) is 88.3 Å². The molecule has 1 heterocycles. The maximum atomic E-state index is 12.4. The summed E-state index contributed by atoms with van der Waals surface area (Å²) in [5.41, 5.74) is 9.00. The van der Waals surface area contributed by atoms with E-state index < -0.39 is 5.91 Å². The van der Waals surface area contributed by atoms with E-state index in [1.54, 1.807) is 30.5 Å². The molecule has 6 nitrogen and oxygen atoms in total. The molecule has 0 bridgehead atoms. The first-order chi connectivity index (χ1) is 13.5. The average molecular weight is 374 g/mol. The maximum Gasteiger partial charge on any atom is 0.270 e. The van der Waals surface area contributed by atoms with Gasteiger partial charge in [-0.25, -0.2) is 0 Å². The highest BCUT2D eigenvalue weighted by Crippen LogP contribution is 2.17. The van der Waals surface area contributed by atoms with Gasteiger partial charge in [-0.2, -0.15) is 0 Å². The molecule has 0 radical (unpaired) electrons. The molecule has 0 atom stereocenters. The fraction of sp³-hybridized carbons (Fsp3) is 0.136. The normalized spacial score (nSPS) is 10.3. The number of primary amides is 1. The van der Waals surface area contributed by atoms with Gasteiger partial charge in [0.25, 0.3) is 5.91 Å². The Labute approximate surface area is 164 Å². The van der Waals surface area contributed by atoms with Crippen molar-refractivity contribution < 1.29 is 9.59 Å². The lowest BCUT2D eigenvalue weighted by Gasteiger charge is -2.20. The van der Waals surface area contributed by atoms with Crippen LogP contribution in [0.15, 0.2) is 72.9 Å². The second-order valence-corrected chi connectivity index (χ2v) is 6.49. The SMILES string of the molecule is CN(Cc1cccc(C(N)=O)c1)c1ccnc(C(=O)NCc2ccccc2)c1. The van der Waals surface area contributed by atoms with Gasteiger partial charge in [0.1, 0.15) is 5.69 Å². The molecule has 3 aromatic rings. The Kier molecular flexibility index (Phi) is 6.01. The summed E-state index contributed by atoms with van der Waals surface area (Å²) in [4.78, 5) is 29.9. The highest BCUT2D eigenvalue weighted by Gasteiger charge is 2.11. The summed E-state index contributed by atoms with van der Waals surface area (Å²) in [6, 6.07) is 20.5. The molecule has 6 heteroatoms. The highest BCUT2D eigenvalue weighted by atomic mass is 16.2. The van der Waals surface area contributed by atoms with Gasteiger partial charge in [0, 0.05) is 37.6 Å². The number of benzene rings is 2. The summed E-state index contributed by atoms with van der Waals surface area (Å²) in [5.74, 6) is -0.680. The number of amides is 2. The van der Waals surface area contributed by atoms with Crippen LogP contribution in [-0.2, 0) is 13.1 Å². The van der Waals surface area contributed by atoms with Crippen LogP contribution in [0, 0.1) is 0 Å². The van der Waals surface area contributed by atoms with Gasteiger partial charge in [-0.3, -0.25) is 14.6 Å². The van der Waals surface area contributed by atoms with Crippen molar-refractivity contribution in [2.75, 3.05) is 11.9 Å². The molecule has 0 saturated heterocycles. The average Bonchev–Trinajstić information content (AvgIpc) is 2.73. The van der Waals surface area contributed by atoms with E-state index >= 15 is 0 Å². The van der Waals surface area contributed by atoms with Gasteiger partial charge in [-0.1, -0.05) is 42.5 Å². The molecule has 1 aromatic heterocycles. The number of nitrogens with zero attached hydrogens (tertiary/aromatic N) is 2. The van der Waals surface area contributed by atoms with Crippen LogP contribution in [0.4, 0.5) is 5.69 Å². The molecule has 28 heavy (non-hydrogen) atoms. The molecular weight excluding hydrogens is 352 g/mol. The molecule has 2 aromatic carbocycles. The Bertz CT molecular complexity index is 973. The second kappa shape index (κ2) is 8.81. The van der Waals surface area contributed by atoms with Crippen LogP contribution in [0.1, 0.15) is 32.0 Å². The lowest BCUT2D eigenvalue weighted by Crippen LogP contribution is -2.24. The Hall–Kier alpha value is -3.67. The van der Waals surface area contributed by atoms with Crippen LogP contribution in [0.3, 0.4) is 0 Å². The summed E-state index contributed by atoms with van der Waals surface area (Å²) < 4.78 is 0. The molecule has 0 saturated carbocycles. The van der Waals surface area contributed by atoms with Gasteiger partial charge >= 0.3 is 0 Å². The van der Waals surface area contributed by atoms with Gasteiger partial charge in [0.15, 0.2) is 0 Å². The van der Waals surface area contributed by atoms with Crippen LogP contribution in [-0.4, -0.2) is 23.8 Å². The van der Waals surface area contributed by atoms with Crippen molar-refractivity contribution in [1.82, 2.24) is 10.3 Å². The molecule has 0 aliphatic rings. The lowest BCUT2D eigenvalue weighted by atomic mass is 10.1. The monoisotopic (exact) mass is 374 g/mol. The highest BCUT2D eigenvalue weighted by molar-refractivity contribution is 5.93. The van der Waals surface area contributed by atoms with Crippen molar-refractivity contribution in [3.8, 4) is 0 Å². The van der Waals surface area contributed by atoms with Crippen LogP contribution in [0.5, 0.6) is 0 Å². The molecule has 0 fully saturated rings. The van der Waals surface area contributed by atoms with E-state index in [0.29, 0.717) is 24.3 Å². The Morgan fingerprint density at radius 3 is 2.50 bits per heavy atom. The largest absolute Gasteiger partial charge is 0.370 e. The molecule has 2 amide bonds. The Morgan fingerprint density at radius 1 is 1.00 bits per heavy atom. The van der Waals surface area contributed by atoms with E-state index in [1.165, 1.54) is 0 Å². The van der Waals surface area contributed by atoms with Crippen molar-refractivity contribution in [3.05, 3.63) is 95.3 Å². The third kappa shape index (κ3) is 4.94. The van der Waals surface area contributed by atoms with Crippen molar-refractivity contribution >= 4 is 17.5 Å². The van der Waals surface area contributed by atoms with Gasteiger partial charge in [0.2, 0.25) is 5.91 Å². The quantitative estimate of drug-likeness (QED) is 0.666. The lowest BCUT2D eigenvalue weighted by molar-refractivity contribution is 0.0944. The fourth-order valence-electron chi connectivity index (χ4n) is 2.84. The third-order valence-electron chi connectivity index (χ3n) is 4.34. The molecule has 3 rings (SSSR count). The number of aromatic nitrogens is 1. The number of hydrogen-bond acceptors (Lipinski definition) is 4.